The number of nitrogens with one attached hydrogen (secondary N) is 1. The topological polar surface area (TPSA) is 114 Å². The Balaban J connectivity index is 1.37. The minimum absolute atomic E-state index is 0.135. The molecule has 0 aliphatic carbocycles. The lowest BCUT2D eigenvalue weighted by Crippen LogP contribution is -2.57. The number of furan rings is 1. The van der Waals surface area contributed by atoms with Crippen LogP contribution in [-0.4, -0.2) is 92.0 Å². The van der Waals surface area contributed by atoms with Crippen molar-refractivity contribution in [3.8, 4) is 17.2 Å². The summed E-state index contributed by atoms with van der Waals surface area (Å²) >= 11 is 0. The van der Waals surface area contributed by atoms with E-state index in [9.17, 15) is 14.4 Å². The van der Waals surface area contributed by atoms with Gasteiger partial charge in [0.25, 0.3) is 11.8 Å². The molecule has 0 saturated carbocycles. The Labute approximate surface area is 251 Å². The van der Waals surface area contributed by atoms with Gasteiger partial charge in [-0.2, -0.15) is 0 Å². The summed E-state index contributed by atoms with van der Waals surface area (Å²) in [4.78, 5) is 43.9. The highest BCUT2D eigenvalue weighted by Crippen LogP contribution is 2.29. The van der Waals surface area contributed by atoms with E-state index in [4.69, 9.17) is 18.6 Å². The predicted molar refractivity (Wildman–Crippen MR) is 158 cm³/mol. The van der Waals surface area contributed by atoms with E-state index >= 15 is 0 Å². The maximum absolute atomic E-state index is 13.4. The zero-order valence-electron chi connectivity index (χ0n) is 25.0. The molecule has 1 N–H and O–H groups in total. The van der Waals surface area contributed by atoms with Crippen LogP contribution in [0.3, 0.4) is 0 Å². The zero-order chi connectivity index (χ0) is 30.5. The van der Waals surface area contributed by atoms with Crippen LogP contribution in [-0.2, 0) is 22.7 Å². The van der Waals surface area contributed by atoms with Crippen LogP contribution in [0.5, 0.6) is 17.2 Å². The Morgan fingerprint density at radius 2 is 1.93 bits per heavy atom. The molecular formula is C32H38N4O7. The number of benzene rings is 2. The number of likely N-dealkylation sites (tertiary alicyclic amines) is 1. The molecule has 0 radical (unpaired) electrons. The van der Waals surface area contributed by atoms with Crippen molar-refractivity contribution in [2.45, 2.75) is 38.6 Å². The second-order valence-corrected chi connectivity index (χ2v) is 11.0. The molecule has 1 aromatic heterocycles. The highest BCUT2D eigenvalue weighted by Gasteiger charge is 2.32. The second kappa shape index (κ2) is 13.3. The molecule has 1 saturated heterocycles. The molecule has 228 valence electrons. The molecule has 2 aliphatic heterocycles. The molecule has 43 heavy (non-hydrogen) atoms. The van der Waals surface area contributed by atoms with Crippen molar-refractivity contribution < 1.29 is 33.0 Å². The van der Waals surface area contributed by atoms with Gasteiger partial charge in [0, 0.05) is 45.9 Å². The van der Waals surface area contributed by atoms with Gasteiger partial charge in [0.05, 0.1) is 38.4 Å². The molecule has 0 unspecified atom stereocenters. The van der Waals surface area contributed by atoms with Gasteiger partial charge in [-0.05, 0) is 55.3 Å². The van der Waals surface area contributed by atoms with Gasteiger partial charge in [-0.15, -0.1) is 0 Å². The molecule has 2 aliphatic rings. The average molecular weight is 591 g/mol. The summed E-state index contributed by atoms with van der Waals surface area (Å²) in [5, 5.41) is 3.11. The number of carbonyl (C=O) groups excluding carboxylic acids is 3. The maximum atomic E-state index is 13.4. The normalized spacial score (nSPS) is 19.7. The number of hydrogen-bond acceptors (Lipinski definition) is 8. The summed E-state index contributed by atoms with van der Waals surface area (Å²) in [6.07, 6.45) is 0.424. The summed E-state index contributed by atoms with van der Waals surface area (Å²) < 4.78 is 24.0. The van der Waals surface area contributed by atoms with E-state index < -0.39 is 0 Å². The number of ether oxygens (including phenoxy) is 3. The van der Waals surface area contributed by atoms with Crippen molar-refractivity contribution in [2.24, 2.45) is 0 Å². The van der Waals surface area contributed by atoms with Gasteiger partial charge in [0.15, 0.2) is 5.76 Å². The van der Waals surface area contributed by atoms with E-state index in [1.54, 1.807) is 51.5 Å². The first-order chi connectivity index (χ1) is 20.7. The van der Waals surface area contributed by atoms with Crippen LogP contribution in [0.2, 0.25) is 0 Å². The number of nitrogens with zero attached hydrogens (tertiary/aromatic N) is 3. The Bertz CT molecular complexity index is 1470. The number of amides is 3. The Kier molecular flexibility index (Phi) is 9.32. The van der Waals surface area contributed by atoms with Gasteiger partial charge < -0.3 is 33.7 Å². The van der Waals surface area contributed by atoms with Gasteiger partial charge in [-0.3, -0.25) is 19.3 Å². The molecule has 2 atom stereocenters. The minimum Gasteiger partial charge on any atom is -0.494 e. The van der Waals surface area contributed by atoms with Crippen LogP contribution < -0.4 is 14.8 Å². The summed E-state index contributed by atoms with van der Waals surface area (Å²) in [7, 11) is 4.95. The van der Waals surface area contributed by atoms with E-state index in [0.29, 0.717) is 67.8 Å². The van der Waals surface area contributed by atoms with Crippen molar-refractivity contribution in [1.82, 2.24) is 20.0 Å². The van der Waals surface area contributed by atoms with Crippen molar-refractivity contribution in [2.75, 3.05) is 47.4 Å². The number of piperidine rings is 1. The molecule has 2 aromatic carbocycles. The highest BCUT2D eigenvalue weighted by atomic mass is 16.5. The predicted octanol–water partition coefficient (Wildman–Crippen LogP) is 3.53. The van der Waals surface area contributed by atoms with Crippen LogP contribution in [0.25, 0.3) is 0 Å². The molecule has 3 amide bonds. The number of rotatable bonds is 5. The first-order valence-corrected chi connectivity index (χ1v) is 14.4. The SMILES string of the molecule is CCOc1cc2cc(c1)C(=O)N(C)CC(=O)N[C@@H]1CN(Cc3ccc(C(=O)N(C)C)o3)CC[C@@H]1OCc1cccc(c1)O2. The third kappa shape index (κ3) is 7.54. The molecule has 5 rings (SSSR count). The fourth-order valence-corrected chi connectivity index (χ4v) is 5.30. The number of hydrogen-bond donors (Lipinski definition) is 1. The van der Waals surface area contributed by atoms with Crippen LogP contribution in [0, 0.1) is 0 Å². The van der Waals surface area contributed by atoms with Gasteiger partial charge in [0.1, 0.15) is 23.0 Å². The van der Waals surface area contributed by atoms with Crippen molar-refractivity contribution in [1.29, 1.82) is 0 Å². The van der Waals surface area contributed by atoms with Crippen molar-refractivity contribution in [3.63, 3.8) is 0 Å². The standard InChI is InChI=1S/C32H38N4O7/c1-5-40-25-14-22-15-26(16-25)42-23-8-6-7-21(13-23)20-41-28-11-12-36(17-24-9-10-29(43-24)32(39)34(2)3)18-27(28)33-30(37)19-35(4)31(22)38/h6-10,13-16,27-28H,5,11-12,17-20H2,1-4H3,(H,33,37)/t27-,28+/m1/s1. The molecule has 4 bridgehead atoms. The Morgan fingerprint density at radius 1 is 1.09 bits per heavy atom. The fourth-order valence-electron chi connectivity index (χ4n) is 5.30. The van der Waals surface area contributed by atoms with Crippen LogP contribution >= 0.6 is 0 Å². The summed E-state index contributed by atoms with van der Waals surface area (Å²) in [5.41, 5.74) is 1.28. The summed E-state index contributed by atoms with van der Waals surface area (Å²) in [6.45, 7) is 4.20. The third-order valence-corrected chi connectivity index (χ3v) is 7.40. The minimum atomic E-state index is -0.332. The number of fused-ring (bicyclic) bond motifs is 5. The van der Waals surface area contributed by atoms with Crippen molar-refractivity contribution in [3.05, 3.63) is 77.2 Å². The number of carbonyl (C=O) groups is 3. The van der Waals surface area contributed by atoms with E-state index in [0.717, 1.165) is 5.56 Å². The smallest absolute Gasteiger partial charge is 0.289 e. The lowest BCUT2D eigenvalue weighted by Gasteiger charge is -2.38. The first kappa shape index (κ1) is 30.1. The third-order valence-electron chi connectivity index (χ3n) is 7.40. The molecule has 3 heterocycles. The van der Waals surface area contributed by atoms with Crippen LogP contribution in [0.4, 0.5) is 0 Å². The first-order valence-electron chi connectivity index (χ1n) is 14.4. The maximum Gasteiger partial charge on any atom is 0.289 e. The van der Waals surface area contributed by atoms with Crippen molar-refractivity contribution >= 4 is 17.7 Å². The van der Waals surface area contributed by atoms with E-state index in [-0.39, 0.29) is 42.2 Å². The zero-order valence-corrected chi connectivity index (χ0v) is 25.0. The van der Waals surface area contributed by atoms with Gasteiger partial charge in [0.2, 0.25) is 5.91 Å². The molecule has 11 heteroatoms. The van der Waals surface area contributed by atoms with E-state index in [2.05, 4.69) is 10.2 Å². The molecule has 0 spiro atoms. The quantitative estimate of drug-likeness (QED) is 0.480. The molecular weight excluding hydrogens is 552 g/mol. The molecule has 3 aromatic rings. The number of likely N-dealkylation sites (N-methyl/N-ethyl adjacent to an activating group) is 1. The summed E-state index contributed by atoms with van der Waals surface area (Å²) in [5.74, 6) is 1.70. The van der Waals surface area contributed by atoms with Gasteiger partial charge in [-0.25, -0.2) is 0 Å². The Hall–Kier alpha value is -4.35. The van der Waals surface area contributed by atoms with E-state index in [1.165, 1.54) is 9.80 Å². The molecule has 11 nitrogen and oxygen atoms in total. The van der Waals surface area contributed by atoms with E-state index in [1.807, 2.05) is 31.2 Å². The van der Waals surface area contributed by atoms with Crippen LogP contribution in [0.15, 0.2) is 59.0 Å². The lowest BCUT2D eigenvalue weighted by atomic mass is 10.0. The van der Waals surface area contributed by atoms with Gasteiger partial charge in [-0.1, -0.05) is 12.1 Å². The van der Waals surface area contributed by atoms with Gasteiger partial charge >= 0.3 is 0 Å². The fraction of sp³-hybridized carbons (Fsp3) is 0.406. The monoisotopic (exact) mass is 590 g/mol. The molecule has 1 fully saturated rings. The average Bonchev–Trinajstić information content (AvgIpc) is 3.44. The highest BCUT2D eigenvalue weighted by molar-refractivity contribution is 5.97. The Morgan fingerprint density at radius 3 is 2.72 bits per heavy atom. The lowest BCUT2D eigenvalue weighted by molar-refractivity contribution is -0.125. The summed E-state index contributed by atoms with van der Waals surface area (Å²) in [6, 6.07) is 15.8. The second-order valence-electron chi connectivity index (χ2n) is 11.0. The largest absolute Gasteiger partial charge is 0.494 e. The van der Waals surface area contributed by atoms with Crippen LogP contribution in [0.1, 0.15) is 45.6 Å².